The van der Waals surface area contributed by atoms with Crippen molar-refractivity contribution in [1.29, 1.82) is 0 Å². The molecule has 0 unspecified atom stereocenters. The fraction of sp³-hybridized carbons (Fsp3) is 0.174. The molecule has 4 rings (SSSR count). The van der Waals surface area contributed by atoms with Crippen molar-refractivity contribution < 1.29 is 23.4 Å². The number of carboxylic acids is 1. The van der Waals surface area contributed by atoms with E-state index in [1.165, 1.54) is 22.9 Å². The zero-order valence-electron chi connectivity index (χ0n) is 16.8. The van der Waals surface area contributed by atoms with Gasteiger partial charge >= 0.3 is 11.6 Å². The van der Waals surface area contributed by atoms with Crippen LogP contribution in [0.25, 0.3) is 33.0 Å². The molecule has 2 heterocycles. The molecule has 0 aliphatic heterocycles. The van der Waals surface area contributed by atoms with Crippen LogP contribution < -0.4 is 15.8 Å². The number of ether oxygens (including phenoxy) is 1. The van der Waals surface area contributed by atoms with E-state index in [2.05, 4.69) is 0 Å². The van der Waals surface area contributed by atoms with E-state index >= 15 is 4.39 Å². The SMILES string of the molecule is CCOc1cccc2cc(-c3cc4c(cc3F)c(=O)c(C(=O)O)cn4CC)c(=O)oc12. The Morgan fingerprint density at radius 3 is 2.61 bits per heavy atom. The summed E-state index contributed by atoms with van der Waals surface area (Å²) in [6, 6.07) is 8.96. The van der Waals surface area contributed by atoms with Crippen LogP contribution in [0.2, 0.25) is 0 Å². The number of nitrogens with zero attached hydrogens (tertiary/aromatic N) is 1. The highest BCUT2D eigenvalue weighted by atomic mass is 19.1. The molecule has 7 nitrogen and oxygen atoms in total. The smallest absolute Gasteiger partial charge is 0.344 e. The highest BCUT2D eigenvalue weighted by Gasteiger charge is 2.19. The van der Waals surface area contributed by atoms with Crippen LogP contribution >= 0.6 is 0 Å². The van der Waals surface area contributed by atoms with E-state index in [1.54, 1.807) is 32.0 Å². The monoisotopic (exact) mass is 423 g/mol. The van der Waals surface area contributed by atoms with Crippen molar-refractivity contribution in [3.05, 3.63) is 74.6 Å². The van der Waals surface area contributed by atoms with E-state index in [1.807, 2.05) is 0 Å². The van der Waals surface area contributed by atoms with Gasteiger partial charge in [0.25, 0.3) is 0 Å². The van der Waals surface area contributed by atoms with Gasteiger partial charge in [0.05, 0.1) is 17.7 Å². The van der Waals surface area contributed by atoms with E-state index < -0.39 is 28.4 Å². The normalized spacial score (nSPS) is 11.2. The molecular weight excluding hydrogens is 405 g/mol. The maximum atomic E-state index is 15.0. The number of benzene rings is 2. The number of aromatic carboxylic acids is 1. The largest absolute Gasteiger partial charge is 0.490 e. The third-order valence-corrected chi connectivity index (χ3v) is 5.05. The van der Waals surface area contributed by atoms with Crippen LogP contribution in [0.3, 0.4) is 0 Å². The third-order valence-electron chi connectivity index (χ3n) is 5.05. The lowest BCUT2D eigenvalue weighted by atomic mass is 10.0. The molecule has 0 saturated heterocycles. The molecule has 158 valence electrons. The number of para-hydroxylation sites is 1. The van der Waals surface area contributed by atoms with Crippen molar-refractivity contribution in [3.63, 3.8) is 0 Å². The van der Waals surface area contributed by atoms with Crippen molar-refractivity contribution in [1.82, 2.24) is 4.57 Å². The Morgan fingerprint density at radius 2 is 1.94 bits per heavy atom. The number of carboxylic acid groups (broad SMARTS) is 1. The lowest BCUT2D eigenvalue weighted by molar-refractivity contribution is 0.0695. The van der Waals surface area contributed by atoms with E-state index in [4.69, 9.17) is 9.15 Å². The summed E-state index contributed by atoms with van der Waals surface area (Å²) in [5.74, 6) is -1.81. The summed E-state index contributed by atoms with van der Waals surface area (Å²) in [4.78, 5) is 36.6. The lowest BCUT2D eigenvalue weighted by Crippen LogP contribution is -2.19. The van der Waals surface area contributed by atoms with Crippen molar-refractivity contribution in [2.24, 2.45) is 0 Å². The first-order valence-corrected chi connectivity index (χ1v) is 9.65. The topological polar surface area (TPSA) is 98.7 Å². The van der Waals surface area contributed by atoms with Gasteiger partial charge in [0.15, 0.2) is 11.3 Å². The number of fused-ring (bicyclic) bond motifs is 2. The second-order valence-electron chi connectivity index (χ2n) is 6.87. The van der Waals surface area contributed by atoms with E-state index in [0.29, 0.717) is 29.8 Å². The molecule has 0 fully saturated rings. The van der Waals surface area contributed by atoms with Gasteiger partial charge in [0.2, 0.25) is 5.43 Å². The summed E-state index contributed by atoms with van der Waals surface area (Å²) < 4.78 is 27.5. The standard InChI is InChI=1S/C23H18FNO6/c1-3-25-11-16(22(27)28)20(26)15-9-17(24)13(10-18(15)25)14-8-12-6-5-7-19(30-4-2)21(12)31-23(14)29/h5-11H,3-4H2,1-2H3,(H,27,28). The molecule has 0 atom stereocenters. The molecule has 31 heavy (non-hydrogen) atoms. The summed E-state index contributed by atoms with van der Waals surface area (Å²) in [5, 5.41) is 9.75. The van der Waals surface area contributed by atoms with Crippen molar-refractivity contribution in [2.45, 2.75) is 20.4 Å². The maximum Gasteiger partial charge on any atom is 0.344 e. The predicted octanol–water partition coefficient (Wildman–Crippen LogP) is 4.03. The highest BCUT2D eigenvalue weighted by molar-refractivity contribution is 5.94. The molecule has 0 amide bonds. The van der Waals surface area contributed by atoms with Gasteiger partial charge in [-0.3, -0.25) is 4.79 Å². The summed E-state index contributed by atoms with van der Waals surface area (Å²) >= 11 is 0. The van der Waals surface area contributed by atoms with Crippen molar-refractivity contribution in [2.75, 3.05) is 6.61 Å². The van der Waals surface area contributed by atoms with Gasteiger partial charge in [0, 0.05) is 29.1 Å². The minimum atomic E-state index is -1.39. The van der Waals surface area contributed by atoms with Gasteiger partial charge in [-0.25, -0.2) is 14.0 Å². The minimum Gasteiger partial charge on any atom is -0.490 e. The number of aryl methyl sites for hydroxylation is 1. The molecule has 2 aromatic heterocycles. The lowest BCUT2D eigenvalue weighted by Gasteiger charge is -2.13. The number of hydrogen-bond acceptors (Lipinski definition) is 5. The summed E-state index contributed by atoms with van der Waals surface area (Å²) in [6.45, 7) is 4.29. The number of hydrogen-bond donors (Lipinski definition) is 1. The first-order valence-electron chi connectivity index (χ1n) is 9.65. The van der Waals surface area contributed by atoms with Gasteiger partial charge in [-0.2, -0.15) is 0 Å². The van der Waals surface area contributed by atoms with Crippen LogP contribution in [0.15, 0.2) is 56.6 Å². The summed E-state index contributed by atoms with van der Waals surface area (Å²) in [5.41, 5.74) is -1.48. The van der Waals surface area contributed by atoms with Gasteiger partial charge in [0.1, 0.15) is 11.4 Å². The number of pyridine rings is 1. The number of halogens is 1. The Kier molecular flexibility index (Phi) is 5.06. The molecule has 0 bridgehead atoms. The Morgan fingerprint density at radius 1 is 1.16 bits per heavy atom. The molecule has 0 radical (unpaired) electrons. The van der Waals surface area contributed by atoms with E-state index in [-0.39, 0.29) is 22.1 Å². The quantitative estimate of drug-likeness (QED) is 0.487. The highest BCUT2D eigenvalue weighted by Crippen LogP contribution is 2.30. The van der Waals surface area contributed by atoms with Crippen molar-refractivity contribution in [3.8, 4) is 16.9 Å². The molecular formula is C23H18FNO6. The molecule has 0 saturated carbocycles. The van der Waals surface area contributed by atoms with Crippen LogP contribution in [0, 0.1) is 5.82 Å². The van der Waals surface area contributed by atoms with Crippen LogP contribution in [0.1, 0.15) is 24.2 Å². The average molecular weight is 423 g/mol. The summed E-state index contributed by atoms with van der Waals surface area (Å²) in [7, 11) is 0. The van der Waals surface area contributed by atoms with Gasteiger partial charge in [-0.05, 0) is 38.1 Å². The summed E-state index contributed by atoms with van der Waals surface area (Å²) in [6.07, 6.45) is 1.21. The molecule has 8 heteroatoms. The Labute approximate surface area is 174 Å². The van der Waals surface area contributed by atoms with Gasteiger partial charge in [-0.1, -0.05) is 12.1 Å². The first kappa shape index (κ1) is 20.3. The Bertz CT molecular complexity index is 1470. The first-order chi connectivity index (χ1) is 14.8. The molecule has 0 spiro atoms. The third kappa shape index (κ3) is 3.35. The van der Waals surface area contributed by atoms with Crippen LogP contribution in [-0.2, 0) is 6.54 Å². The zero-order valence-corrected chi connectivity index (χ0v) is 16.8. The number of carbonyl (C=O) groups is 1. The maximum absolute atomic E-state index is 15.0. The van der Waals surface area contributed by atoms with Crippen LogP contribution in [-0.4, -0.2) is 22.2 Å². The van der Waals surface area contributed by atoms with Crippen LogP contribution in [0.4, 0.5) is 4.39 Å². The Balaban J connectivity index is 2.01. The molecule has 2 aromatic carbocycles. The minimum absolute atomic E-state index is 0.0158. The molecule has 0 aliphatic rings. The van der Waals surface area contributed by atoms with Gasteiger partial charge < -0.3 is 18.8 Å². The average Bonchev–Trinajstić information content (AvgIpc) is 2.74. The van der Waals surface area contributed by atoms with Crippen LogP contribution in [0.5, 0.6) is 5.75 Å². The number of aromatic nitrogens is 1. The molecule has 0 aliphatic carbocycles. The second-order valence-corrected chi connectivity index (χ2v) is 6.87. The van der Waals surface area contributed by atoms with E-state index in [9.17, 15) is 19.5 Å². The fourth-order valence-corrected chi connectivity index (χ4v) is 3.61. The molecule has 4 aromatic rings. The fourth-order valence-electron chi connectivity index (χ4n) is 3.61. The van der Waals surface area contributed by atoms with E-state index in [0.717, 1.165) is 6.07 Å². The molecule has 1 N–H and O–H groups in total. The predicted molar refractivity (Wildman–Crippen MR) is 113 cm³/mol. The second kappa shape index (κ2) is 7.71. The number of rotatable bonds is 5. The zero-order chi connectivity index (χ0) is 22.3. The van der Waals surface area contributed by atoms with Gasteiger partial charge in [-0.15, -0.1) is 0 Å². The van der Waals surface area contributed by atoms with Crippen molar-refractivity contribution >= 4 is 27.8 Å². The Hall–Kier alpha value is -3.94.